The number of hydrogen-bond donors (Lipinski definition) is 1. The second-order valence-corrected chi connectivity index (χ2v) is 6.66. The number of esters is 1. The molecule has 0 aliphatic carbocycles. The minimum absolute atomic E-state index is 0.0856. The number of ether oxygens (including phenoxy) is 1. The fraction of sp³-hybridized carbons (Fsp3) is 0.150. The largest absolute Gasteiger partial charge is 0.449 e. The Morgan fingerprint density at radius 3 is 2.40 bits per heavy atom. The molecule has 3 aromatic rings. The summed E-state index contributed by atoms with van der Waals surface area (Å²) in [4.78, 5) is 24.7. The number of rotatable bonds is 5. The van der Waals surface area contributed by atoms with Gasteiger partial charge in [-0.15, -0.1) is 0 Å². The zero-order valence-electron chi connectivity index (χ0n) is 15.7. The molecule has 1 amide bonds. The zero-order chi connectivity index (χ0) is 22.0. The molecule has 10 heteroatoms. The Morgan fingerprint density at radius 2 is 1.73 bits per heavy atom. The van der Waals surface area contributed by atoms with Gasteiger partial charge in [-0.05, 0) is 50.2 Å². The topological polar surface area (TPSA) is 73.2 Å². The molecule has 3 rings (SSSR count). The number of benzene rings is 2. The number of carbonyl (C=O) groups excluding carboxylic acids is 2. The van der Waals surface area contributed by atoms with Crippen molar-refractivity contribution in [1.82, 2.24) is 9.78 Å². The number of carbonyl (C=O) groups is 2. The summed E-state index contributed by atoms with van der Waals surface area (Å²) in [6.45, 7) is 2.77. The van der Waals surface area contributed by atoms with Crippen LogP contribution in [0.3, 0.4) is 0 Å². The molecule has 0 aliphatic heterocycles. The number of aromatic nitrogens is 2. The van der Waals surface area contributed by atoms with Crippen LogP contribution < -0.4 is 5.32 Å². The van der Waals surface area contributed by atoms with Gasteiger partial charge in [-0.2, -0.15) is 5.10 Å². The van der Waals surface area contributed by atoms with Crippen molar-refractivity contribution in [3.8, 4) is 5.69 Å². The maximum Gasteiger partial charge on any atom is 0.344 e. The molecule has 1 heterocycles. The Morgan fingerprint density at radius 1 is 1.10 bits per heavy atom. The van der Waals surface area contributed by atoms with Crippen LogP contribution in [0.1, 0.15) is 23.0 Å². The second kappa shape index (κ2) is 8.58. The van der Waals surface area contributed by atoms with Crippen LogP contribution in [0, 0.1) is 24.4 Å². The van der Waals surface area contributed by atoms with Gasteiger partial charge in [-0.1, -0.05) is 11.6 Å². The van der Waals surface area contributed by atoms with Gasteiger partial charge >= 0.3 is 5.97 Å². The zero-order valence-corrected chi connectivity index (χ0v) is 16.5. The lowest BCUT2D eigenvalue weighted by Crippen LogP contribution is -2.30. The number of nitrogens with one attached hydrogen (secondary N) is 1. The highest BCUT2D eigenvalue weighted by molar-refractivity contribution is 6.33. The molecular weight excluding hydrogens is 423 g/mol. The summed E-state index contributed by atoms with van der Waals surface area (Å²) in [5.41, 5.74) is 0.160. The molecule has 0 aliphatic rings. The molecule has 0 saturated carbocycles. The first-order chi connectivity index (χ1) is 14.2. The Hall–Kier alpha value is -3.33. The molecule has 156 valence electrons. The van der Waals surface area contributed by atoms with E-state index in [0.29, 0.717) is 5.69 Å². The smallest absolute Gasteiger partial charge is 0.344 e. The van der Waals surface area contributed by atoms with Crippen LogP contribution >= 0.6 is 11.6 Å². The molecule has 1 N–H and O–H groups in total. The minimum Gasteiger partial charge on any atom is -0.449 e. The van der Waals surface area contributed by atoms with E-state index in [1.54, 1.807) is 0 Å². The van der Waals surface area contributed by atoms with E-state index in [-0.39, 0.29) is 22.1 Å². The third-order valence-corrected chi connectivity index (χ3v) is 4.47. The molecular formula is C20H15ClF3N3O3. The molecule has 0 bridgehead atoms. The van der Waals surface area contributed by atoms with Gasteiger partial charge in [0.2, 0.25) is 0 Å². The van der Waals surface area contributed by atoms with Gasteiger partial charge in [0.25, 0.3) is 5.91 Å². The van der Waals surface area contributed by atoms with Crippen molar-refractivity contribution in [3.63, 3.8) is 0 Å². The SMILES string of the molecule is Cc1nn(-c2ccc(F)cc2)c(Cl)c1C(=O)OC(C)C(=O)Nc1cc(F)ccc1F. The first-order valence-corrected chi connectivity index (χ1v) is 9.03. The van der Waals surface area contributed by atoms with E-state index in [9.17, 15) is 22.8 Å². The number of hydrogen-bond acceptors (Lipinski definition) is 4. The lowest BCUT2D eigenvalue weighted by molar-refractivity contribution is -0.123. The van der Waals surface area contributed by atoms with Crippen molar-refractivity contribution >= 4 is 29.2 Å². The molecule has 30 heavy (non-hydrogen) atoms. The van der Waals surface area contributed by atoms with Crippen LogP contribution in [-0.4, -0.2) is 27.8 Å². The number of amides is 1. The Balaban J connectivity index is 1.76. The number of aryl methyl sites for hydroxylation is 1. The molecule has 1 unspecified atom stereocenters. The molecule has 2 aromatic carbocycles. The van der Waals surface area contributed by atoms with E-state index in [1.165, 1.54) is 42.8 Å². The van der Waals surface area contributed by atoms with Crippen molar-refractivity contribution in [2.45, 2.75) is 20.0 Å². The third kappa shape index (κ3) is 4.46. The average molecular weight is 438 g/mol. The molecule has 1 aromatic heterocycles. The molecule has 0 fully saturated rings. The van der Waals surface area contributed by atoms with Crippen LogP contribution in [-0.2, 0) is 9.53 Å². The van der Waals surface area contributed by atoms with E-state index < -0.39 is 35.4 Å². The Labute approximate surface area is 174 Å². The molecule has 0 saturated heterocycles. The summed E-state index contributed by atoms with van der Waals surface area (Å²) in [5.74, 6) is -3.84. The van der Waals surface area contributed by atoms with Crippen LogP contribution in [0.15, 0.2) is 42.5 Å². The predicted octanol–water partition coefficient (Wildman–Crippen LogP) is 4.44. The first-order valence-electron chi connectivity index (χ1n) is 8.65. The summed E-state index contributed by atoms with van der Waals surface area (Å²) >= 11 is 6.24. The maximum atomic E-state index is 13.7. The van der Waals surface area contributed by atoms with Gasteiger partial charge in [-0.25, -0.2) is 22.6 Å². The third-order valence-electron chi connectivity index (χ3n) is 4.12. The van der Waals surface area contributed by atoms with Crippen LogP contribution in [0.25, 0.3) is 5.69 Å². The average Bonchev–Trinajstić information content (AvgIpc) is 2.99. The highest BCUT2D eigenvalue weighted by Gasteiger charge is 2.26. The molecule has 0 radical (unpaired) electrons. The fourth-order valence-electron chi connectivity index (χ4n) is 2.59. The second-order valence-electron chi connectivity index (χ2n) is 6.30. The van der Waals surface area contributed by atoms with Gasteiger partial charge in [-0.3, -0.25) is 4.79 Å². The standard InChI is InChI=1S/C20H15ClF3N3O3/c1-10-17(18(21)27(26-10)14-6-3-12(22)4-7-14)20(29)30-11(2)19(28)25-16-9-13(23)5-8-15(16)24/h3-9,11H,1-2H3,(H,25,28). The van der Waals surface area contributed by atoms with E-state index in [2.05, 4.69) is 10.4 Å². The van der Waals surface area contributed by atoms with E-state index in [1.807, 2.05) is 0 Å². The normalized spacial score (nSPS) is 11.8. The van der Waals surface area contributed by atoms with Crippen LogP contribution in [0.4, 0.5) is 18.9 Å². The van der Waals surface area contributed by atoms with Gasteiger partial charge < -0.3 is 10.1 Å². The van der Waals surface area contributed by atoms with Crippen molar-refractivity contribution in [3.05, 3.63) is 76.3 Å². The quantitative estimate of drug-likeness (QED) is 0.599. The van der Waals surface area contributed by atoms with Crippen molar-refractivity contribution in [2.24, 2.45) is 0 Å². The fourth-order valence-corrected chi connectivity index (χ4v) is 2.93. The summed E-state index contributed by atoms with van der Waals surface area (Å²) in [5, 5.41) is 6.20. The van der Waals surface area contributed by atoms with Crippen LogP contribution in [0.5, 0.6) is 0 Å². The highest BCUT2D eigenvalue weighted by Crippen LogP contribution is 2.25. The summed E-state index contributed by atoms with van der Waals surface area (Å²) in [7, 11) is 0. The van der Waals surface area contributed by atoms with Gasteiger partial charge in [0.15, 0.2) is 6.10 Å². The van der Waals surface area contributed by atoms with Gasteiger partial charge in [0.1, 0.15) is 28.2 Å². The van der Waals surface area contributed by atoms with Crippen molar-refractivity contribution in [2.75, 3.05) is 5.32 Å². The molecule has 0 spiro atoms. The monoisotopic (exact) mass is 437 g/mol. The number of anilines is 1. The molecule has 1 atom stereocenters. The van der Waals surface area contributed by atoms with Crippen LogP contribution in [0.2, 0.25) is 5.15 Å². The van der Waals surface area contributed by atoms with E-state index >= 15 is 0 Å². The Kier molecular flexibility index (Phi) is 6.12. The van der Waals surface area contributed by atoms with Gasteiger partial charge in [0, 0.05) is 6.07 Å². The van der Waals surface area contributed by atoms with Crippen molar-refractivity contribution < 1.29 is 27.5 Å². The number of nitrogens with zero attached hydrogens (tertiary/aromatic N) is 2. The lowest BCUT2D eigenvalue weighted by Gasteiger charge is -2.14. The van der Waals surface area contributed by atoms with Gasteiger partial charge in [0.05, 0.1) is 17.1 Å². The molecule has 6 nitrogen and oxygen atoms in total. The Bertz CT molecular complexity index is 1120. The lowest BCUT2D eigenvalue weighted by atomic mass is 10.2. The van der Waals surface area contributed by atoms with Crippen molar-refractivity contribution in [1.29, 1.82) is 0 Å². The maximum absolute atomic E-state index is 13.7. The minimum atomic E-state index is -1.34. The van der Waals surface area contributed by atoms with E-state index in [4.69, 9.17) is 16.3 Å². The summed E-state index contributed by atoms with van der Waals surface area (Å²) in [6.07, 6.45) is -1.34. The summed E-state index contributed by atoms with van der Waals surface area (Å²) in [6, 6.07) is 7.82. The predicted molar refractivity (Wildman–Crippen MR) is 103 cm³/mol. The highest BCUT2D eigenvalue weighted by atomic mass is 35.5. The first kappa shape index (κ1) is 21.4. The summed E-state index contributed by atoms with van der Waals surface area (Å²) < 4.78 is 46.4. The number of halogens is 4. The van der Waals surface area contributed by atoms with E-state index in [0.717, 1.165) is 18.2 Å².